The summed E-state index contributed by atoms with van der Waals surface area (Å²) < 4.78 is 0. The largest absolute Gasteiger partial charge is 0.362 e. The topological polar surface area (TPSA) is 44.4 Å². The van der Waals surface area contributed by atoms with Crippen molar-refractivity contribution in [2.45, 2.75) is 18.5 Å². The number of hydrogen-bond acceptors (Lipinski definition) is 3. The number of carbonyl (C=O) groups is 1. The molecule has 1 spiro atoms. The smallest absolute Gasteiger partial charge is 0.262 e. The highest BCUT2D eigenvalue weighted by atomic mass is 16.2. The van der Waals surface area contributed by atoms with Gasteiger partial charge in [0.2, 0.25) is 0 Å². The molecule has 2 aromatic carbocycles. The number of nitrogens with zero attached hydrogens (tertiary/aromatic N) is 1. The van der Waals surface area contributed by atoms with E-state index in [-0.39, 0.29) is 11.6 Å². The molecule has 1 amide bonds. The van der Waals surface area contributed by atoms with Gasteiger partial charge in [-0.2, -0.15) is 0 Å². The zero-order valence-corrected chi connectivity index (χ0v) is 12.4. The third kappa shape index (κ3) is 1.99. The van der Waals surface area contributed by atoms with Crippen molar-refractivity contribution in [1.82, 2.24) is 5.32 Å². The summed E-state index contributed by atoms with van der Waals surface area (Å²) in [5, 5.41) is 7.05. The minimum atomic E-state index is -0.335. The molecule has 0 bridgehead atoms. The first kappa shape index (κ1) is 13.3. The van der Waals surface area contributed by atoms with Gasteiger partial charge in [-0.05, 0) is 37.4 Å². The van der Waals surface area contributed by atoms with Gasteiger partial charge in [0.05, 0.1) is 5.56 Å². The van der Waals surface area contributed by atoms with Crippen molar-refractivity contribution in [3.05, 3.63) is 60.2 Å². The first-order valence-electron chi connectivity index (χ1n) is 7.78. The van der Waals surface area contributed by atoms with Gasteiger partial charge >= 0.3 is 0 Å². The fourth-order valence-electron chi connectivity index (χ4n) is 3.53. The molecule has 4 heteroatoms. The summed E-state index contributed by atoms with van der Waals surface area (Å²) in [5.74, 6) is 0.0856. The van der Waals surface area contributed by atoms with Crippen LogP contribution in [-0.4, -0.2) is 24.7 Å². The molecule has 112 valence electrons. The van der Waals surface area contributed by atoms with Gasteiger partial charge in [-0.3, -0.25) is 9.69 Å². The van der Waals surface area contributed by atoms with E-state index in [0.29, 0.717) is 0 Å². The Labute approximate surface area is 130 Å². The molecule has 1 saturated heterocycles. The maximum atomic E-state index is 13.2. The van der Waals surface area contributed by atoms with Crippen LogP contribution < -0.4 is 15.5 Å². The average molecular weight is 293 g/mol. The lowest BCUT2D eigenvalue weighted by Crippen LogP contribution is -2.64. The van der Waals surface area contributed by atoms with Crippen molar-refractivity contribution in [2.75, 3.05) is 23.3 Å². The lowest BCUT2D eigenvalue weighted by molar-refractivity contribution is 0.0941. The summed E-state index contributed by atoms with van der Waals surface area (Å²) >= 11 is 0. The molecule has 0 radical (unpaired) electrons. The first-order chi connectivity index (χ1) is 10.8. The van der Waals surface area contributed by atoms with Crippen LogP contribution in [0.2, 0.25) is 0 Å². The fourth-order valence-corrected chi connectivity index (χ4v) is 3.53. The number of carbonyl (C=O) groups excluding carboxylic acids is 1. The van der Waals surface area contributed by atoms with E-state index in [1.807, 2.05) is 59.5 Å². The van der Waals surface area contributed by atoms with E-state index in [2.05, 4.69) is 10.6 Å². The minimum absolute atomic E-state index is 0.0856. The van der Waals surface area contributed by atoms with Gasteiger partial charge < -0.3 is 10.6 Å². The lowest BCUT2D eigenvalue weighted by atomic mass is 9.90. The van der Waals surface area contributed by atoms with E-state index in [4.69, 9.17) is 0 Å². The Morgan fingerprint density at radius 1 is 0.909 bits per heavy atom. The number of hydrogen-bond donors (Lipinski definition) is 2. The van der Waals surface area contributed by atoms with Crippen LogP contribution in [0.5, 0.6) is 0 Å². The van der Waals surface area contributed by atoms with Gasteiger partial charge in [0, 0.05) is 24.2 Å². The highest BCUT2D eigenvalue weighted by molar-refractivity contribution is 6.12. The third-order valence-electron chi connectivity index (χ3n) is 4.60. The van der Waals surface area contributed by atoms with Crippen molar-refractivity contribution in [1.29, 1.82) is 0 Å². The zero-order valence-electron chi connectivity index (χ0n) is 12.4. The predicted octanol–water partition coefficient (Wildman–Crippen LogP) is 2.84. The monoisotopic (exact) mass is 293 g/mol. The molecule has 2 heterocycles. The van der Waals surface area contributed by atoms with E-state index in [1.54, 1.807) is 0 Å². The van der Waals surface area contributed by atoms with E-state index in [9.17, 15) is 4.79 Å². The summed E-state index contributed by atoms with van der Waals surface area (Å²) in [6.45, 7) is 1.82. The van der Waals surface area contributed by atoms with Gasteiger partial charge in [-0.15, -0.1) is 0 Å². The molecule has 4 rings (SSSR count). The van der Waals surface area contributed by atoms with Crippen LogP contribution in [0, 0.1) is 0 Å². The van der Waals surface area contributed by atoms with E-state index in [0.717, 1.165) is 42.9 Å². The standard InChI is InChI=1S/C18H19N3O/c22-17-15-8-4-5-9-16(15)20-18(10-12-19-13-11-18)21(17)14-6-2-1-3-7-14/h1-9,19-20H,10-13H2. The van der Waals surface area contributed by atoms with Crippen molar-refractivity contribution in [2.24, 2.45) is 0 Å². The molecule has 1 fully saturated rings. The predicted molar refractivity (Wildman–Crippen MR) is 88.2 cm³/mol. The second-order valence-corrected chi connectivity index (χ2v) is 5.93. The average Bonchev–Trinajstić information content (AvgIpc) is 2.57. The van der Waals surface area contributed by atoms with Gasteiger partial charge in [0.15, 0.2) is 0 Å². The number of rotatable bonds is 1. The van der Waals surface area contributed by atoms with Gasteiger partial charge in [-0.1, -0.05) is 30.3 Å². The van der Waals surface area contributed by atoms with Crippen molar-refractivity contribution in [3.63, 3.8) is 0 Å². The van der Waals surface area contributed by atoms with Crippen LogP contribution in [0.4, 0.5) is 11.4 Å². The van der Waals surface area contributed by atoms with Gasteiger partial charge in [0.1, 0.15) is 5.66 Å². The molecule has 2 N–H and O–H groups in total. The number of piperidine rings is 1. The van der Waals surface area contributed by atoms with Crippen LogP contribution in [0.3, 0.4) is 0 Å². The molecule has 4 nitrogen and oxygen atoms in total. The number of fused-ring (bicyclic) bond motifs is 1. The van der Waals surface area contributed by atoms with E-state index in [1.165, 1.54) is 0 Å². The van der Waals surface area contributed by atoms with Crippen LogP contribution in [0.1, 0.15) is 23.2 Å². The fraction of sp³-hybridized carbons (Fsp3) is 0.278. The Bertz CT molecular complexity index is 692. The lowest BCUT2D eigenvalue weighted by Gasteiger charge is -2.50. The van der Waals surface area contributed by atoms with Crippen molar-refractivity contribution >= 4 is 17.3 Å². The molecule has 0 unspecified atom stereocenters. The van der Waals surface area contributed by atoms with Crippen LogP contribution in [0.25, 0.3) is 0 Å². The number of nitrogens with one attached hydrogen (secondary N) is 2. The highest BCUT2D eigenvalue weighted by Gasteiger charge is 2.45. The Hall–Kier alpha value is -2.33. The normalized spacial score (nSPS) is 19.6. The number of amides is 1. The molecule has 2 aromatic rings. The number of anilines is 2. The third-order valence-corrected chi connectivity index (χ3v) is 4.60. The number of benzene rings is 2. The van der Waals surface area contributed by atoms with E-state index >= 15 is 0 Å². The summed E-state index contributed by atoms with van der Waals surface area (Å²) in [6.07, 6.45) is 1.78. The Balaban J connectivity index is 1.87. The molecular weight excluding hydrogens is 274 g/mol. The van der Waals surface area contributed by atoms with Crippen LogP contribution in [0.15, 0.2) is 54.6 Å². The van der Waals surface area contributed by atoms with Crippen LogP contribution >= 0.6 is 0 Å². The second-order valence-electron chi connectivity index (χ2n) is 5.93. The quantitative estimate of drug-likeness (QED) is 0.850. The minimum Gasteiger partial charge on any atom is -0.362 e. The summed E-state index contributed by atoms with van der Waals surface area (Å²) in [5.41, 5.74) is 2.31. The molecular formula is C18H19N3O. The van der Waals surface area contributed by atoms with Gasteiger partial charge in [0.25, 0.3) is 5.91 Å². The SMILES string of the molecule is O=C1c2ccccc2NC2(CCNCC2)N1c1ccccc1. The van der Waals surface area contributed by atoms with Crippen molar-refractivity contribution < 1.29 is 4.79 Å². The molecule has 2 aliphatic heterocycles. The molecule has 0 aliphatic carbocycles. The van der Waals surface area contributed by atoms with Crippen molar-refractivity contribution in [3.8, 4) is 0 Å². The van der Waals surface area contributed by atoms with Crippen LogP contribution in [-0.2, 0) is 0 Å². The Kier molecular flexibility index (Phi) is 3.12. The summed E-state index contributed by atoms with van der Waals surface area (Å²) in [7, 11) is 0. The number of para-hydroxylation sites is 2. The van der Waals surface area contributed by atoms with E-state index < -0.39 is 0 Å². The molecule has 2 aliphatic rings. The maximum absolute atomic E-state index is 13.2. The molecule has 22 heavy (non-hydrogen) atoms. The van der Waals surface area contributed by atoms with Gasteiger partial charge in [-0.25, -0.2) is 0 Å². The molecule has 0 atom stereocenters. The maximum Gasteiger partial charge on any atom is 0.262 e. The second kappa shape index (κ2) is 5.14. The Morgan fingerprint density at radius 2 is 1.59 bits per heavy atom. The zero-order chi connectivity index (χ0) is 15.0. The molecule has 0 aromatic heterocycles. The summed E-state index contributed by atoms with van der Waals surface area (Å²) in [4.78, 5) is 15.1. The summed E-state index contributed by atoms with van der Waals surface area (Å²) in [6, 6.07) is 17.8. The highest BCUT2D eigenvalue weighted by Crippen LogP contribution is 2.39. The Morgan fingerprint density at radius 3 is 2.36 bits per heavy atom. The molecule has 0 saturated carbocycles. The first-order valence-corrected chi connectivity index (χ1v) is 7.78.